The van der Waals surface area contributed by atoms with Gasteiger partial charge in [0, 0.05) is 5.56 Å². The highest BCUT2D eigenvalue weighted by molar-refractivity contribution is 5.77. The Morgan fingerprint density at radius 3 is 1.94 bits per heavy atom. The van der Waals surface area contributed by atoms with Gasteiger partial charge in [-0.3, -0.25) is 0 Å². The van der Waals surface area contributed by atoms with Crippen molar-refractivity contribution >= 4 is 0 Å². The average molecular weight is 508 g/mol. The minimum Gasteiger partial charge on any atom is -0.486 e. The zero-order chi connectivity index (χ0) is 26.3. The lowest BCUT2D eigenvalue weighted by Crippen LogP contribution is -2.41. The molecule has 36 heavy (non-hydrogen) atoms. The molecule has 3 aromatic rings. The van der Waals surface area contributed by atoms with Gasteiger partial charge in [0.15, 0.2) is 11.6 Å². The standard InChI is InChI=1S/C28H23F7O/c1-3-5-7-16-8-13-22(21(29)14-16)36-15-18-10-12-20-19-11-9-17(6-4-2)25(30)23(19)27(32,33)28(34,35)24(20)26(18)31/h3,8-14H,1,4-7,15H2,2H3. The number of alkyl halides is 4. The molecule has 0 aromatic heterocycles. The predicted octanol–water partition coefficient (Wildman–Crippen LogP) is 8.62. The Hall–Kier alpha value is -3.29. The molecule has 3 aromatic carbocycles. The van der Waals surface area contributed by atoms with E-state index in [4.69, 9.17) is 4.74 Å². The minimum atomic E-state index is -5.03. The largest absolute Gasteiger partial charge is 0.486 e. The number of halogens is 7. The Labute approximate surface area is 204 Å². The maximum absolute atomic E-state index is 15.3. The average Bonchev–Trinajstić information content (AvgIpc) is 2.82. The van der Waals surface area contributed by atoms with E-state index in [0.717, 1.165) is 18.2 Å². The zero-order valence-corrected chi connectivity index (χ0v) is 19.4. The molecule has 4 rings (SSSR count). The maximum atomic E-state index is 15.3. The second-order valence-corrected chi connectivity index (χ2v) is 8.70. The lowest BCUT2D eigenvalue weighted by Gasteiger charge is -2.36. The van der Waals surface area contributed by atoms with Crippen LogP contribution in [-0.4, -0.2) is 0 Å². The summed E-state index contributed by atoms with van der Waals surface area (Å²) in [6, 6.07) is 8.63. The van der Waals surface area contributed by atoms with Crippen molar-refractivity contribution in [2.24, 2.45) is 0 Å². The van der Waals surface area contributed by atoms with Crippen LogP contribution in [0.5, 0.6) is 5.75 Å². The molecule has 190 valence electrons. The van der Waals surface area contributed by atoms with Crippen LogP contribution in [0.2, 0.25) is 0 Å². The third-order valence-electron chi connectivity index (χ3n) is 6.29. The number of benzene rings is 3. The molecule has 1 aliphatic rings. The summed E-state index contributed by atoms with van der Waals surface area (Å²) in [5, 5.41) is 0. The third kappa shape index (κ3) is 4.16. The van der Waals surface area contributed by atoms with E-state index >= 15 is 22.0 Å². The summed E-state index contributed by atoms with van der Waals surface area (Å²) in [5.41, 5.74) is -3.90. The van der Waals surface area contributed by atoms with Crippen molar-refractivity contribution in [2.75, 3.05) is 0 Å². The number of aryl methyl sites for hydroxylation is 2. The molecule has 0 unspecified atom stereocenters. The molecule has 1 nitrogen and oxygen atoms in total. The second kappa shape index (κ2) is 9.64. The number of fused-ring (bicyclic) bond motifs is 3. The maximum Gasteiger partial charge on any atom is 0.343 e. The molecule has 0 radical (unpaired) electrons. The van der Waals surface area contributed by atoms with Gasteiger partial charge in [-0.25, -0.2) is 13.2 Å². The van der Waals surface area contributed by atoms with Crippen molar-refractivity contribution in [3.05, 3.63) is 100 Å². The number of hydrogen-bond acceptors (Lipinski definition) is 1. The molecule has 0 saturated heterocycles. The molecular formula is C28H23F7O. The highest BCUT2D eigenvalue weighted by Crippen LogP contribution is 2.59. The molecule has 0 amide bonds. The van der Waals surface area contributed by atoms with E-state index in [0.29, 0.717) is 24.8 Å². The van der Waals surface area contributed by atoms with Crippen LogP contribution in [0.15, 0.2) is 55.1 Å². The van der Waals surface area contributed by atoms with Crippen LogP contribution in [0.25, 0.3) is 11.1 Å². The number of rotatable bonds is 8. The van der Waals surface area contributed by atoms with Gasteiger partial charge in [-0.05, 0) is 53.6 Å². The molecule has 0 bridgehead atoms. The fraction of sp³-hybridized carbons (Fsp3) is 0.286. The molecule has 0 N–H and O–H groups in total. The van der Waals surface area contributed by atoms with Crippen LogP contribution in [0.3, 0.4) is 0 Å². The fourth-order valence-corrected chi connectivity index (χ4v) is 4.43. The Bertz CT molecular complexity index is 1310. The van der Waals surface area contributed by atoms with Gasteiger partial charge >= 0.3 is 11.8 Å². The lowest BCUT2D eigenvalue weighted by molar-refractivity contribution is -0.227. The smallest absolute Gasteiger partial charge is 0.343 e. The van der Waals surface area contributed by atoms with E-state index in [1.54, 1.807) is 19.1 Å². The van der Waals surface area contributed by atoms with Crippen LogP contribution in [-0.2, 0) is 31.3 Å². The molecule has 0 saturated carbocycles. The quantitative estimate of drug-likeness (QED) is 0.219. The van der Waals surface area contributed by atoms with Crippen LogP contribution in [0.4, 0.5) is 30.7 Å². The van der Waals surface area contributed by atoms with Gasteiger partial charge in [0.2, 0.25) is 0 Å². The molecule has 8 heteroatoms. The van der Waals surface area contributed by atoms with Crippen LogP contribution in [0, 0.1) is 17.5 Å². The van der Waals surface area contributed by atoms with E-state index in [9.17, 15) is 8.78 Å². The van der Waals surface area contributed by atoms with Crippen molar-refractivity contribution in [3.63, 3.8) is 0 Å². The summed E-state index contributed by atoms with van der Waals surface area (Å²) in [5.74, 6) is -14.0. The van der Waals surface area contributed by atoms with Crippen molar-refractivity contribution in [2.45, 2.75) is 51.1 Å². The summed E-state index contributed by atoms with van der Waals surface area (Å²) in [6.07, 6.45) is 3.36. The molecular weight excluding hydrogens is 485 g/mol. The highest BCUT2D eigenvalue weighted by atomic mass is 19.3. The summed E-state index contributed by atoms with van der Waals surface area (Å²) in [4.78, 5) is 0. The molecule has 0 spiro atoms. The van der Waals surface area contributed by atoms with Gasteiger partial charge in [-0.1, -0.05) is 49.8 Å². The molecule has 0 aliphatic heterocycles. The predicted molar refractivity (Wildman–Crippen MR) is 123 cm³/mol. The van der Waals surface area contributed by atoms with Crippen molar-refractivity contribution < 1.29 is 35.5 Å². The molecule has 0 fully saturated rings. The van der Waals surface area contributed by atoms with E-state index in [1.807, 2.05) is 0 Å². The Kier molecular flexibility index (Phi) is 6.90. The Balaban J connectivity index is 1.73. The Morgan fingerprint density at radius 2 is 1.39 bits per heavy atom. The first-order valence-electron chi connectivity index (χ1n) is 11.5. The monoisotopic (exact) mass is 508 g/mol. The van der Waals surface area contributed by atoms with Crippen LogP contribution >= 0.6 is 0 Å². The first-order chi connectivity index (χ1) is 17.0. The first-order valence-corrected chi connectivity index (χ1v) is 11.5. The summed E-state index contributed by atoms with van der Waals surface area (Å²) >= 11 is 0. The van der Waals surface area contributed by atoms with E-state index in [1.165, 1.54) is 18.2 Å². The number of allylic oxidation sites excluding steroid dienone is 1. The van der Waals surface area contributed by atoms with Gasteiger partial charge in [-0.2, -0.15) is 17.6 Å². The second-order valence-electron chi connectivity index (χ2n) is 8.70. The van der Waals surface area contributed by atoms with E-state index in [2.05, 4.69) is 6.58 Å². The molecule has 0 heterocycles. The normalized spacial score (nSPS) is 15.2. The highest BCUT2D eigenvalue weighted by Gasteiger charge is 2.65. The van der Waals surface area contributed by atoms with Crippen molar-refractivity contribution in [1.82, 2.24) is 0 Å². The van der Waals surface area contributed by atoms with Gasteiger partial charge in [-0.15, -0.1) is 6.58 Å². The number of hydrogen-bond donors (Lipinski definition) is 0. The van der Waals surface area contributed by atoms with Crippen LogP contribution < -0.4 is 4.74 Å². The molecule has 0 atom stereocenters. The van der Waals surface area contributed by atoms with Crippen molar-refractivity contribution in [3.8, 4) is 16.9 Å². The zero-order valence-electron chi connectivity index (χ0n) is 19.4. The van der Waals surface area contributed by atoms with Crippen LogP contribution in [0.1, 0.15) is 47.6 Å². The van der Waals surface area contributed by atoms with Gasteiger partial charge in [0.1, 0.15) is 18.2 Å². The topological polar surface area (TPSA) is 9.23 Å². The van der Waals surface area contributed by atoms with Crippen molar-refractivity contribution in [1.29, 1.82) is 0 Å². The summed E-state index contributed by atoms with van der Waals surface area (Å²) in [6.45, 7) is 4.61. The van der Waals surface area contributed by atoms with Gasteiger partial charge in [0.25, 0.3) is 0 Å². The first kappa shape index (κ1) is 25.8. The minimum absolute atomic E-state index is 0.0874. The van der Waals surface area contributed by atoms with Gasteiger partial charge < -0.3 is 4.74 Å². The SMILES string of the molecule is C=CCCc1ccc(OCc2ccc3c(c2F)C(F)(F)C(F)(F)c2c-3ccc(CCC)c2F)c(F)c1. The summed E-state index contributed by atoms with van der Waals surface area (Å²) < 4.78 is 110. The summed E-state index contributed by atoms with van der Waals surface area (Å²) in [7, 11) is 0. The third-order valence-corrected chi connectivity index (χ3v) is 6.29. The number of ether oxygens (including phenoxy) is 1. The lowest BCUT2D eigenvalue weighted by atomic mass is 9.78. The van der Waals surface area contributed by atoms with E-state index < -0.39 is 63.7 Å². The van der Waals surface area contributed by atoms with E-state index in [-0.39, 0.29) is 17.7 Å². The Morgan fingerprint density at radius 1 is 0.806 bits per heavy atom. The fourth-order valence-electron chi connectivity index (χ4n) is 4.43. The van der Waals surface area contributed by atoms with Gasteiger partial charge in [0.05, 0.1) is 11.1 Å². The molecule has 1 aliphatic carbocycles.